The largest absolute Gasteiger partial charge is 0.507 e. The molecular weight excluding hydrogens is 664 g/mol. The van der Waals surface area contributed by atoms with Crippen molar-refractivity contribution >= 4 is 23.1 Å². The van der Waals surface area contributed by atoms with Crippen LogP contribution in [-0.2, 0) is 34.9 Å². The smallest absolute Gasteiger partial charge is 0.198 e. The molecule has 3 N–H and O–H groups in total. The van der Waals surface area contributed by atoms with Crippen LogP contribution in [0.3, 0.4) is 0 Å². The van der Waals surface area contributed by atoms with Gasteiger partial charge < -0.3 is 43.7 Å². The summed E-state index contributed by atoms with van der Waals surface area (Å²) in [7, 11) is 1.38. The maximum Gasteiger partial charge on any atom is 0.198 e. The molecule has 13 heteroatoms. The fourth-order valence-electron chi connectivity index (χ4n) is 7.93. The van der Waals surface area contributed by atoms with Gasteiger partial charge in [0.2, 0.25) is 0 Å². The molecule has 10 atom stereocenters. The van der Waals surface area contributed by atoms with Crippen molar-refractivity contribution in [3.05, 3.63) is 69.3 Å². The Morgan fingerprint density at radius 2 is 1.63 bits per heavy atom. The lowest BCUT2D eigenvalue weighted by Crippen LogP contribution is -2.50. The molecule has 2 aromatic rings. The summed E-state index contributed by atoms with van der Waals surface area (Å²) in [5, 5.41) is 33.5. The fourth-order valence-corrected chi connectivity index (χ4v) is 7.93. The van der Waals surface area contributed by atoms with Gasteiger partial charge in [-0.05, 0) is 58.4 Å². The Balaban J connectivity index is 1.06. The molecule has 272 valence electrons. The molecule has 0 spiro atoms. The highest BCUT2D eigenvalue weighted by molar-refractivity contribution is 6.32. The number of carbonyl (C=O) groups excluding carboxylic acids is 4. The third-order valence-electron chi connectivity index (χ3n) is 10.5. The number of aromatic hydroxyl groups is 1. The first kappa shape index (κ1) is 35.6. The third kappa shape index (κ3) is 6.35. The van der Waals surface area contributed by atoms with Gasteiger partial charge in [0.1, 0.15) is 23.7 Å². The zero-order valence-electron chi connectivity index (χ0n) is 29.0. The minimum Gasteiger partial charge on any atom is -0.507 e. The number of ether oxygens (including phenoxy) is 6. The Labute approximate surface area is 294 Å². The van der Waals surface area contributed by atoms with Crippen molar-refractivity contribution in [1.82, 2.24) is 0 Å². The lowest BCUT2D eigenvalue weighted by atomic mass is 9.72. The SMILES string of the molecule is COc1cc2c(c3c1C[C@@](C)(O)CC3=O)C(=O)c1ccc([C@@H]3C[C@@H](O)[C@@H](O[C@@H]4CC[C@@H](O[C@@H]5C=CC(=O)[C@@H](C)O5)[C@@H](C)O4)[C@@H](C)O3)c(O)c1C2=O. The van der Waals surface area contributed by atoms with E-state index in [4.69, 9.17) is 28.4 Å². The third-order valence-corrected chi connectivity index (χ3v) is 10.5. The number of phenolic OH excluding ortho intramolecular Hbond substituents is 1. The van der Waals surface area contributed by atoms with E-state index in [2.05, 4.69) is 0 Å². The molecule has 7 rings (SSSR count). The molecule has 0 radical (unpaired) electrons. The highest BCUT2D eigenvalue weighted by Gasteiger charge is 2.45. The molecule has 0 unspecified atom stereocenters. The van der Waals surface area contributed by atoms with Gasteiger partial charge in [-0.1, -0.05) is 6.07 Å². The predicted octanol–water partition coefficient (Wildman–Crippen LogP) is 3.43. The van der Waals surface area contributed by atoms with E-state index in [1.54, 1.807) is 19.9 Å². The Kier molecular flexibility index (Phi) is 9.28. The van der Waals surface area contributed by atoms with E-state index in [0.29, 0.717) is 18.4 Å². The number of methoxy groups -OCH3 is 1. The van der Waals surface area contributed by atoms with Crippen molar-refractivity contribution in [2.45, 2.75) is 121 Å². The number of phenols is 1. The number of aliphatic hydroxyl groups excluding tert-OH is 1. The monoisotopic (exact) mass is 706 g/mol. The van der Waals surface area contributed by atoms with Gasteiger partial charge in [0, 0.05) is 59.1 Å². The van der Waals surface area contributed by atoms with E-state index in [1.165, 1.54) is 38.3 Å². The summed E-state index contributed by atoms with van der Waals surface area (Å²) in [6, 6.07) is 4.31. The average molecular weight is 707 g/mol. The number of hydrogen-bond donors (Lipinski definition) is 3. The topological polar surface area (TPSA) is 184 Å². The van der Waals surface area contributed by atoms with E-state index in [9.17, 15) is 34.5 Å². The molecule has 51 heavy (non-hydrogen) atoms. The van der Waals surface area contributed by atoms with E-state index in [1.807, 2.05) is 6.92 Å². The van der Waals surface area contributed by atoms with E-state index in [0.717, 1.165) is 0 Å². The van der Waals surface area contributed by atoms with Crippen molar-refractivity contribution in [1.29, 1.82) is 0 Å². The van der Waals surface area contributed by atoms with Crippen molar-refractivity contribution < 1.29 is 62.9 Å². The van der Waals surface area contributed by atoms with Crippen LogP contribution in [0.4, 0.5) is 0 Å². The summed E-state index contributed by atoms with van der Waals surface area (Å²) in [5.74, 6) is -2.10. The van der Waals surface area contributed by atoms with Crippen LogP contribution in [0.15, 0.2) is 30.4 Å². The van der Waals surface area contributed by atoms with Gasteiger partial charge in [0.15, 0.2) is 35.7 Å². The van der Waals surface area contributed by atoms with Crippen LogP contribution in [0.1, 0.15) is 113 Å². The summed E-state index contributed by atoms with van der Waals surface area (Å²) >= 11 is 0. The first-order chi connectivity index (χ1) is 24.2. The second-order valence-electron chi connectivity index (χ2n) is 14.4. The second kappa shape index (κ2) is 13.3. The molecule has 5 aliphatic rings. The molecule has 0 aromatic heterocycles. The number of aliphatic hydroxyl groups is 2. The minimum atomic E-state index is -1.34. The lowest BCUT2D eigenvalue weighted by Gasteiger charge is -2.42. The summed E-state index contributed by atoms with van der Waals surface area (Å²) < 4.78 is 35.7. The van der Waals surface area contributed by atoms with Gasteiger partial charge in [-0.15, -0.1) is 0 Å². The molecule has 2 aromatic carbocycles. The molecule has 2 saturated heterocycles. The first-order valence-corrected chi connectivity index (χ1v) is 17.3. The van der Waals surface area contributed by atoms with Gasteiger partial charge in [-0.3, -0.25) is 19.2 Å². The number of hydrogen-bond acceptors (Lipinski definition) is 13. The molecule has 0 saturated carbocycles. The maximum atomic E-state index is 14.0. The van der Waals surface area contributed by atoms with Gasteiger partial charge in [-0.2, -0.15) is 0 Å². The average Bonchev–Trinajstić information content (AvgIpc) is 3.06. The first-order valence-electron chi connectivity index (χ1n) is 17.3. The number of ketones is 4. The van der Waals surface area contributed by atoms with Crippen LogP contribution in [-0.4, -0.2) is 100 Å². The van der Waals surface area contributed by atoms with Gasteiger partial charge in [0.05, 0.1) is 48.8 Å². The van der Waals surface area contributed by atoms with Gasteiger partial charge >= 0.3 is 0 Å². The normalized spacial score (nSPS) is 34.9. The summed E-state index contributed by atoms with van der Waals surface area (Å²) in [5.41, 5.74) is -1.11. The Bertz CT molecular complexity index is 1820. The highest BCUT2D eigenvalue weighted by Crippen LogP contribution is 2.46. The zero-order valence-corrected chi connectivity index (χ0v) is 29.0. The lowest BCUT2D eigenvalue weighted by molar-refractivity contribution is -0.292. The molecule has 0 amide bonds. The van der Waals surface area contributed by atoms with Crippen molar-refractivity contribution in [3.8, 4) is 11.5 Å². The van der Waals surface area contributed by atoms with Crippen LogP contribution in [0.5, 0.6) is 11.5 Å². The Morgan fingerprint density at radius 1 is 0.882 bits per heavy atom. The van der Waals surface area contributed by atoms with Crippen molar-refractivity contribution in [2.75, 3.05) is 7.11 Å². The van der Waals surface area contributed by atoms with Crippen LogP contribution in [0, 0.1) is 0 Å². The molecule has 13 nitrogen and oxygen atoms in total. The number of Topliss-reactive ketones (excluding diaryl/α,β-unsaturated/α-hetero) is 1. The number of benzene rings is 2. The van der Waals surface area contributed by atoms with Crippen LogP contribution < -0.4 is 4.74 Å². The molecule has 3 heterocycles. The second-order valence-corrected chi connectivity index (χ2v) is 14.4. The molecule has 2 fully saturated rings. The Hall–Kier alpha value is -3.82. The summed E-state index contributed by atoms with van der Waals surface area (Å²) in [6.45, 7) is 6.79. The molecule has 0 bridgehead atoms. The summed E-state index contributed by atoms with van der Waals surface area (Å²) in [6.07, 6.45) is -1.88. The van der Waals surface area contributed by atoms with Crippen molar-refractivity contribution in [2.24, 2.45) is 0 Å². The van der Waals surface area contributed by atoms with Crippen molar-refractivity contribution in [3.63, 3.8) is 0 Å². The van der Waals surface area contributed by atoms with E-state index < -0.39 is 71.8 Å². The maximum absolute atomic E-state index is 14.0. The Morgan fingerprint density at radius 3 is 2.31 bits per heavy atom. The zero-order chi connectivity index (χ0) is 36.5. The number of carbonyl (C=O) groups is 4. The minimum absolute atomic E-state index is 0.0199. The molecular formula is C38H42O13. The quantitative estimate of drug-likeness (QED) is 0.339. The predicted molar refractivity (Wildman–Crippen MR) is 177 cm³/mol. The van der Waals surface area contributed by atoms with Crippen LogP contribution >= 0.6 is 0 Å². The van der Waals surface area contributed by atoms with E-state index >= 15 is 0 Å². The standard InChI is InChI=1S/C38H42O13/c1-16-23(39)8-10-29(48-16)50-26-9-11-30(49-17(26)2)51-37-18(3)47-28(13-24(37)40)19-6-7-20-33(34(19)42)36(44)21-12-27(46-5)22-14-38(4,45)15-25(41)31(22)32(21)35(20)43/h6-8,10,12,16-18,24,26,28-30,37,40,42,45H,9,11,13-15H2,1-5H3/t16-,17-,18-,24-,26-,28+,29-,30-,37+,38-/m1/s1. The molecule has 3 aliphatic heterocycles. The number of fused-ring (bicyclic) bond motifs is 4. The van der Waals surface area contributed by atoms with Crippen LogP contribution in [0.25, 0.3) is 0 Å². The fraction of sp³-hybridized carbons (Fsp3) is 0.526. The summed E-state index contributed by atoms with van der Waals surface area (Å²) in [4.78, 5) is 52.9. The van der Waals surface area contributed by atoms with Crippen LogP contribution in [0.2, 0.25) is 0 Å². The molecule has 2 aliphatic carbocycles. The van der Waals surface area contributed by atoms with Gasteiger partial charge in [0.25, 0.3) is 0 Å². The highest BCUT2D eigenvalue weighted by atomic mass is 16.7. The number of rotatable bonds is 6. The van der Waals surface area contributed by atoms with Gasteiger partial charge in [-0.25, -0.2) is 0 Å². The van der Waals surface area contributed by atoms with E-state index in [-0.39, 0.29) is 76.4 Å².